The van der Waals surface area contributed by atoms with Crippen LogP contribution in [0.5, 0.6) is 0 Å². The smallest absolute Gasteiger partial charge is 0.338 e. The Morgan fingerprint density at radius 1 is 1.47 bits per heavy atom. The topological polar surface area (TPSA) is 60.4 Å². The Morgan fingerprint density at radius 3 is 2.63 bits per heavy atom. The lowest BCUT2D eigenvalue weighted by Gasteiger charge is -2.08. The van der Waals surface area contributed by atoms with Crippen molar-refractivity contribution < 1.29 is 22.3 Å². The molecule has 1 aliphatic rings. The number of esters is 1. The fraction of sp³-hybridized carbons (Fsp3) is 0.417. The molecular formula is C12H12ClFO4S. The van der Waals surface area contributed by atoms with Crippen LogP contribution in [-0.4, -0.2) is 21.0 Å². The standard InChI is InChI=1S/C12H12ClFO4S/c1-7-10(14)4-9(5-11(7)19(13,16)17)12(15)18-6-8-2-3-8/h4-5,8H,2-3,6H2,1H3. The van der Waals surface area contributed by atoms with E-state index >= 15 is 0 Å². The van der Waals surface area contributed by atoms with Crippen molar-refractivity contribution in [2.24, 2.45) is 5.92 Å². The highest BCUT2D eigenvalue weighted by Crippen LogP contribution is 2.29. The van der Waals surface area contributed by atoms with Crippen LogP contribution in [0.4, 0.5) is 4.39 Å². The third-order valence-corrected chi connectivity index (χ3v) is 4.39. The first-order chi connectivity index (χ1) is 8.79. The Labute approximate surface area is 114 Å². The van der Waals surface area contributed by atoms with E-state index in [2.05, 4.69) is 0 Å². The van der Waals surface area contributed by atoms with E-state index in [4.69, 9.17) is 15.4 Å². The highest BCUT2D eigenvalue weighted by Gasteiger charge is 2.25. The third kappa shape index (κ3) is 3.45. The van der Waals surface area contributed by atoms with Gasteiger partial charge in [-0.2, -0.15) is 0 Å². The zero-order valence-electron chi connectivity index (χ0n) is 10.2. The number of rotatable bonds is 4. The molecule has 104 valence electrons. The molecule has 0 aromatic heterocycles. The fourth-order valence-electron chi connectivity index (χ4n) is 1.59. The first-order valence-electron chi connectivity index (χ1n) is 5.71. The Kier molecular flexibility index (Phi) is 3.82. The van der Waals surface area contributed by atoms with Crippen LogP contribution in [-0.2, 0) is 13.8 Å². The van der Waals surface area contributed by atoms with Crippen molar-refractivity contribution >= 4 is 25.7 Å². The molecule has 0 radical (unpaired) electrons. The van der Waals surface area contributed by atoms with Gasteiger partial charge in [-0.3, -0.25) is 0 Å². The summed E-state index contributed by atoms with van der Waals surface area (Å²) in [6, 6.07) is 1.99. The molecule has 0 bridgehead atoms. The van der Waals surface area contributed by atoms with E-state index in [1.165, 1.54) is 6.92 Å². The van der Waals surface area contributed by atoms with Gasteiger partial charge in [0.25, 0.3) is 9.05 Å². The summed E-state index contributed by atoms with van der Waals surface area (Å²) >= 11 is 0. The van der Waals surface area contributed by atoms with E-state index in [0.717, 1.165) is 25.0 Å². The van der Waals surface area contributed by atoms with Crippen molar-refractivity contribution in [1.82, 2.24) is 0 Å². The molecule has 1 aromatic rings. The van der Waals surface area contributed by atoms with E-state index in [0.29, 0.717) is 5.92 Å². The van der Waals surface area contributed by atoms with Crippen LogP contribution in [0, 0.1) is 18.7 Å². The first-order valence-corrected chi connectivity index (χ1v) is 8.02. The molecule has 1 aliphatic carbocycles. The number of hydrogen-bond donors (Lipinski definition) is 0. The van der Waals surface area contributed by atoms with E-state index in [9.17, 15) is 17.6 Å². The second-order valence-corrected chi connectivity index (χ2v) is 7.10. The minimum absolute atomic E-state index is 0.117. The zero-order valence-corrected chi connectivity index (χ0v) is 11.7. The van der Waals surface area contributed by atoms with E-state index < -0.39 is 25.7 Å². The third-order valence-electron chi connectivity index (χ3n) is 2.94. The normalized spacial score (nSPS) is 15.3. The molecule has 0 saturated heterocycles. The second kappa shape index (κ2) is 5.09. The average Bonchev–Trinajstić information content (AvgIpc) is 3.11. The predicted octanol–water partition coefficient (Wildman–Crippen LogP) is 2.63. The summed E-state index contributed by atoms with van der Waals surface area (Å²) in [6.45, 7) is 1.56. The van der Waals surface area contributed by atoms with E-state index in [-0.39, 0.29) is 17.7 Å². The van der Waals surface area contributed by atoms with Crippen molar-refractivity contribution in [1.29, 1.82) is 0 Å². The highest BCUT2D eigenvalue weighted by molar-refractivity contribution is 8.13. The minimum atomic E-state index is -4.11. The monoisotopic (exact) mass is 306 g/mol. The lowest BCUT2D eigenvalue weighted by Crippen LogP contribution is -2.10. The summed E-state index contributed by atoms with van der Waals surface area (Å²) in [5, 5.41) is 0. The molecule has 0 unspecified atom stereocenters. The van der Waals surface area contributed by atoms with Crippen LogP contribution < -0.4 is 0 Å². The molecule has 0 N–H and O–H groups in total. The Hall–Kier alpha value is -1.14. The molecule has 4 nitrogen and oxygen atoms in total. The Bertz CT molecular complexity index is 623. The zero-order chi connectivity index (χ0) is 14.2. The number of ether oxygens (including phenoxy) is 1. The van der Waals surface area contributed by atoms with Gasteiger partial charge >= 0.3 is 5.97 Å². The summed E-state index contributed by atoms with van der Waals surface area (Å²) in [5.41, 5.74) is -0.267. The molecular weight excluding hydrogens is 295 g/mol. The number of hydrogen-bond acceptors (Lipinski definition) is 4. The summed E-state index contributed by atoms with van der Waals surface area (Å²) < 4.78 is 41.2. The molecule has 7 heteroatoms. The number of halogens is 2. The molecule has 1 aromatic carbocycles. The predicted molar refractivity (Wildman–Crippen MR) is 67.2 cm³/mol. The van der Waals surface area contributed by atoms with Crippen molar-refractivity contribution in [3.8, 4) is 0 Å². The van der Waals surface area contributed by atoms with Crippen LogP contribution in [0.25, 0.3) is 0 Å². The number of benzene rings is 1. The fourth-order valence-corrected chi connectivity index (χ4v) is 2.80. The largest absolute Gasteiger partial charge is 0.462 e. The van der Waals surface area contributed by atoms with Gasteiger partial charge in [-0.25, -0.2) is 17.6 Å². The number of carbonyl (C=O) groups excluding carboxylic acids is 1. The molecule has 0 amide bonds. The van der Waals surface area contributed by atoms with Crippen LogP contribution in [0.1, 0.15) is 28.8 Å². The summed E-state index contributed by atoms with van der Waals surface area (Å²) in [4.78, 5) is 11.3. The van der Waals surface area contributed by atoms with Crippen LogP contribution in [0.2, 0.25) is 0 Å². The van der Waals surface area contributed by atoms with E-state index in [1.807, 2.05) is 0 Å². The molecule has 1 fully saturated rings. The maximum absolute atomic E-state index is 13.6. The molecule has 0 atom stereocenters. The molecule has 0 aliphatic heterocycles. The van der Waals surface area contributed by atoms with Crippen LogP contribution >= 0.6 is 10.7 Å². The second-order valence-electron chi connectivity index (χ2n) is 4.56. The summed E-state index contributed by atoms with van der Waals surface area (Å²) in [5.74, 6) is -1.18. The maximum atomic E-state index is 13.6. The Balaban J connectivity index is 2.30. The lowest BCUT2D eigenvalue weighted by molar-refractivity contribution is 0.0485. The molecule has 2 rings (SSSR count). The van der Waals surface area contributed by atoms with Crippen molar-refractivity contribution in [2.75, 3.05) is 6.61 Å². The van der Waals surface area contributed by atoms with Gasteiger partial charge in [0.1, 0.15) is 5.82 Å². The Morgan fingerprint density at radius 2 is 2.11 bits per heavy atom. The van der Waals surface area contributed by atoms with Gasteiger partial charge in [-0.05, 0) is 37.8 Å². The van der Waals surface area contributed by atoms with Gasteiger partial charge in [0, 0.05) is 16.2 Å². The van der Waals surface area contributed by atoms with Gasteiger partial charge in [-0.1, -0.05) is 0 Å². The van der Waals surface area contributed by atoms with Gasteiger partial charge in [-0.15, -0.1) is 0 Å². The lowest BCUT2D eigenvalue weighted by atomic mass is 10.1. The molecule has 1 saturated carbocycles. The van der Waals surface area contributed by atoms with Gasteiger partial charge in [0.05, 0.1) is 17.1 Å². The van der Waals surface area contributed by atoms with Crippen molar-refractivity contribution in [2.45, 2.75) is 24.7 Å². The minimum Gasteiger partial charge on any atom is -0.462 e. The highest BCUT2D eigenvalue weighted by atomic mass is 35.7. The molecule has 19 heavy (non-hydrogen) atoms. The van der Waals surface area contributed by atoms with Gasteiger partial charge < -0.3 is 4.74 Å². The maximum Gasteiger partial charge on any atom is 0.338 e. The quantitative estimate of drug-likeness (QED) is 0.634. The van der Waals surface area contributed by atoms with Crippen molar-refractivity contribution in [3.63, 3.8) is 0 Å². The van der Waals surface area contributed by atoms with Crippen LogP contribution in [0.3, 0.4) is 0 Å². The summed E-state index contributed by atoms with van der Waals surface area (Å²) in [7, 11) is 1.10. The van der Waals surface area contributed by atoms with E-state index in [1.54, 1.807) is 0 Å². The number of carbonyl (C=O) groups is 1. The van der Waals surface area contributed by atoms with Crippen molar-refractivity contribution in [3.05, 3.63) is 29.1 Å². The average molecular weight is 307 g/mol. The van der Waals surface area contributed by atoms with Crippen LogP contribution in [0.15, 0.2) is 17.0 Å². The SMILES string of the molecule is Cc1c(F)cc(C(=O)OCC2CC2)cc1S(=O)(=O)Cl. The first kappa shape index (κ1) is 14.3. The molecule has 0 spiro atoms. The van der Waals surface area contributed by atoms with Gasteiger partial charge in [0.2, 0.25) is 0 Å². The summed E-state index contributed by atoms with van der Waals surface area (Å²) in [6.07, 6.45) is 2.02. The molecule has 0 heterocycles. The van der Waals surface area contributed by atoms with Gasteiger partial charge in [0.15, 0.2) is 0 Å².